The highest BCUT2D eigenvalue weighted by Crippen LogP contribution is 2.30. The molecule has 0 bridgehead atoms. The van der Waals surface area contributed by atoms with Crippen molar-refractivity contribution in [3.8, 4) is 11.1 Å². The Morgan fingerprint density at radius 1 is 1.14 bits per heavy atom. The molecule has 28 heavy (non-hydrogen) atoms. The van der Waals surface area contributed by atoms with Crippen LogP contribution in [0.15, 0.2) is 60.9 Å². The number of hydrogen-bond donors (Lipinski definition) is 1. The number of aliphatic carboxylic acids is 1. The number of rotatable bonds is 7. The molecule has 0 saturated heterocycles. The summed E-state index contributed by atoms with van der Waals surface area (Å²) in [4.78, 5) is 15.7. The van der Waals surface area contributed by atoms with Gasteiger partial charge in [-0.1, -0.05) is 18.2 Å². The average Bonchev–Trinajstić information content (AvgIpc) is 3.04. The van der Waals surface area contributed by atoms with Gasteiger partial charge in [0.2, 0.25) is 0 Å². The van der Waals surface area contributed by atoms with Gasteiger partial charge in [-0.05, 0) is 53.9 Å². The zero-order valence-electron chi connectivity index (χ0n) is 15.8. The van der Waals surface area contributed by atoms with Crippen LogP contribution in [0.2, 0.25) is 0 Å². The molecule has 0 aliphatic rings. The van der Waals surface area contributed by atoms with Crippen LogP contribution in [0.3, 0.4) is 0 Å². The summed E-state index contributed by atoms with van der Waals surface area (Å²) in [6, 6.07) is 16.4. The number of carboxylic acids is 1. The maximum atomic E-state index is 11.3. The molecule has 142 valence electrons. The Kier molecular flexibility index (Phi) is 5.08. The highest BCUT2D eigenvalue weighted by Gasteiger charge is 2.13. The Morgan fingerprint density at radius 3 is 2.79 bits per heavy atom. The van der Waals surface area contributed by atoms with E-state index in [2.05, 4.69) is 39.9 Å². The van der Waals surface area contributed by atoms with E-state index in [0.717, 1.165) is 38.5 Å². The zero-order valence-corrected chi connectivity index (χ0v) is 15.8. The van der Waals surface area contributed by atoms with Crippen molar-refractivity contribution in [1.82, 2.24) is 9.55 Å². The summed E-state index contributed by atoms with van der Waals surface area (Å²) in [6.07, 6.45) is 3.73. The fourth-order valence-corrected chi connectivity index (χ4v) is 3.60. The quantitative estimate of drug-likeness (QED) is 0.483. The largest absolute Gasteiger partial charge is 0.481 e. The summed E-state index contributed by atoms with van der Waals surface area (Å²) in [5.41, 5.74) is 4.96. The second kappa shape index (κ2) is 7.82. The molecule has 0 aliphatic carbocycles. The molecular formula is C23H22N2O3. The Morgan fingerprint density at radius 2 is 1.96 bits per heavy atom. The molecular weight excluding hydrogens is 352 g/mol. The molecule has 1 N–H and O–H groups in total. The van der Waals surface area contributed by atoms with Crippen LogP contribution in [-0.4, -0.2) is 33.8 Å². The standard InChI is InChI=1S/C23H22N2O3/c1-2-28-11-10-25-15-19(14-23(26)27)20-13-17(6-8-22(20)25)16-5-7-21-18(12-16)4-3-9-24-21/h3-9,12-13,15H,2,10-11,14H2,1H3,(H,26,27). The van der Waals surface area contributed by atoms with E-state index < -0.39 is 5.97 Å². The number of hydrogen-bond acceptors (Lipinski definition) is 3. The molecule has 0 aliphatic heterocycles. The predicted molar refractivity (Wildman–Crippen MR) is 111 cm³/mol. The molecule has 2 aromatic heterocycles. The summed E-state index contributed by atoms with van der Waals surface area (Å²) in [6.45, 7) is 3.94. The van der Waals surface area contributed by atoms with Crippen molar-refractivity contribution in [2.75, 3.05) is 13.2 Å². The fourth-order valence-electron chi connectivity index (χ4n) is 3.60. The molecule has 0 saturated carbocycles. The van der Waals surface area contributed by atoms with Crippen LogP contribution >= 0.6 is 0 Å². The van der Waals surface area contributed by atoms with E-state index >= 15 is 0 Å². The van der Waals surface area contributed by atoms with Gasteiger partial charge in [-0.2, -0.15) is 0 Å². The minimum atomic E-state index is -0.828. The molecule has 2 aromatic carbocycles. The molecule has 0 spiro atoms. The van der Waals surface area contributed by atoms with Gasteiger partial charge in [-0.25, -0.2) is 0 Å². The van der Waals surface area contributed by atoms with Crippen molar-refractivity contribution in [1.29, 1.82) is 0 Å². The van der Waals surface area contributed by atoms with E-state index in [1.807, 2.05) is 31.3 Å². The third-order valence-corrected chi connectivity index (χ3v) is 4.92. The highest BCUT2D eigenvalue weighted by molar-refractivity contribution is 5.92. The second-order valence-electron chi connectivity index (χ2n) is 6.76. The average molecular weight is 374 g/mol. The maximum Gasteiger partial charge on any atom is 0.307 e. The molecule has 5 heteroatoms. The summed E-state index contributed by atoms with van der Waals surface area (Å²) in [5, 5.41) is 11.4. The topological polar surface area (TPSA) is 64.3 Å². The van der Waals surface area contributed by atoms with Crippen LogP contribution < -0.4 is 0 Å². The van der Waals surface area contributed by atoms with Crippen LogP contribution in [-0.2, 0) is 22.5 Å². The number of carboxylic acid groups (broad SMARTS) is 1. The van der Waals surface area contributed by atoms with Gasteiger partial charge in [-0.15, -0.1) is 0 Å². The molecule has 0 fully saturated rings. The molecule has 0 amide bonds. The first kappa shape index (κ1) is 18.2. The van der Waals surface area contributed by atoms with Crippen LogP contribution in [0.5, 0.6) is 0 Å². The molecule has 0 radical (unpaired) electrons. The smallest absolute Gasteiger partial charge is 0.307 e. The first-order valence-corrected chi connectivity index (χ1v) is 9.42. The third-order valence-electron chi connectivity index (χ3n) is 4.92. The van der Waals surface area contributed by atoms with E-state index in [1.165, 1.54) is 0 Å². The minimum absolute atomic E-state index is 0.00320. The zero-order chi connectivity index (χ0) is 19.5. The lowest BCUT2D eigenvalue weighted by atomic mass is 10.0. The molecule has 0 unspecified atom stereocenters. The van der Waals surface area contributed by atoms with Crippen molar-refractivity contribution in [2.45, 2.75) is 19.9 Å². The molecule has 5 nitrogen and oxygen atoms in total. The van der Waals surface area contributed by atoms with Gasteiger partial charge in [0.25, 0.3) is 0 Å². The Bertz CT molecular complexity index is 1150. The monoisotopic (exact) mass is 374 g/mol. The first-order chi connectivity index (χ1) is 13.7. The van der Waals surface area contributed by atoms with Gasteiger partial charge in [0.15, 0.2) is 0 Å². The highest BCUT2D eigenvalue weighted by atomic mass is 16.5. The van der Waals surface area contributed by atoms with Crippen LogP contribution in [0.4, 0.5) is 0 Å². The van der Waals surface area contributed by atoms with Gasteiger partial charge in [-0.3, -0.25) is 9.78 Å². The van der Waals surface area contributed by atoms with Crippen LogP contribution in [0.25, 0.3) is 32.9 Å². The Balaban J connectivity index is 1.78. The van der Waals surface area contributed by atoms with Gasteiger partial charge in [0.05, 0.1) is 18.5 Å². The number of pyridine rings is 1. The molecule has 4 rings (SSSR count). The lowest BCUT2D eigenvalue weighted by molar-refractivity contribution is -0.136. The lowest BCUT2D eigenvalue weighted by Gasteiger charge is -2.07. The van der Waals surface area contributed by atoms with E-state index in [1.54, 1.807) is 6.20 Å². The normalized spacial score (nSPS) is 11.3. The second-order valence-corrected chi connectivity index (χ2v) is 6.76. The van der Waals surface area contributed by atoms with Crippen molar-refractivity contribution in [3.05, 3.63) is 66.5 Å². The van der Waals surface area contributed by atoms with Crippen LogP contribution in [0, 0.1) is 0 Å². The van der Waals surface area contributed by atoms with Crippen molar-refractivity contribution in [3.63, 3.8) is 0 Å². The van der Waals surface area contributed by atoms with Crippen molar-refractivity contribution >= 4 is 27.8 Å². The van der Waals surface area contributed by atoms with Gasteiger partial charge in [0.1, 0.15) is 0 Å². The van der Waals surface area contributed by atoms with Gasteiger partial charge in [0, 0.05) is 41.8 Å². The van der Waals surface area contributed by atoms with Crippen molar-refractivity contribution < 1.29 is 14.6 Å². The minimum Gasteiger partial charge on any atom is -0.481 e. The summed E-state index contributed by atoms with van der Waals surface area (Å²) in [7, 11) is 0. The number of aromatic nitrogens is 2. The Hall–Kier alpha value is -3.18. The Labute approximate surface area is 163 Å². The first-order valence-electron chi connectivity index (χ1n) is 9.42. The molecule has 2 heterocycles. The lowest BCUT2D eigenvalue weighted by Crippen LogP contribution is -2.04. The number of ether oxygens (including phenoxy) is 1. The van der Waals surface area contributed by atoms with Gasteiger partial charge >= 0.3 is 5.97 Å². The maximum absolute atomic E-state index is 11.3. The van der Waals surface area contributed by atoms with Gasteiger partial charge < -0.3 is 14.4 Å². The number of fused-ring (bicyclic) bond motifs is 2. The molecule has 0 atom stereocenters. The van der Waals surface area contributed by atoms with E-state index in [4.69, 9.17) is 4.74 Å². The molecule has 4 aromatic rings. The SMILES string of the molecule is CCOCCn1cc(CC(=O)O)c2cc(-c3ccc4ncccc4c3)ccc21. The summed E-state index contributed by atoms with van der Waals surface area (Å²) < 4.78 is 7.55. The van der Waals surface area contributed by atoms with Crippen LogP contribution in [0.1, 0.15) is 12.5 Å². The van der Waals surface area contributed by atoms with E-state index in [9.17, 15) is 9.90 Å². The predicted octanol–water partition coefficient (Wildman–Crippen LogP) is 4.52. The van der Waals surface area contributed by atoms with Crippen molar-refractivity contribution in [2.24, 2.45) is 0 Å². The fraction of sp³-hybridized carbons (Fsp3) is 0.217. The van der Waals surface area contributed by atoms with E-state index in [-0.39, 0.29) is 6.42 Å². The summed E-state index contributed by atoms with van der Waals surface area (Å²) >= 11 is 0. The third kappa shape index (κ3) is 3.62. The summed E-state index contributed by atoms with van der Waals surface area (Å²) in [5.74, 6) is -0.828. The number of carbonyl (C=O) groups is 1. The number of benzene rings is 2. The number of nitrogens with zero attached hydrogens (tertiary/aromatic N) is 2. The van der Waals surface area contributed by atoms with E-state index in [0.29, 0.717) is 19.8 Å².